The van der Waals surface area contributed by atoms with Crippen molar-refractivity contribution >= 4 is 17.7 Å². The van der Waals surface area contributed by atoms with Crippen molar-refractivity contribution in [2.75, 3.05) is 45.2 Å². The van der Waals surface area contributed by atoms with Crippen LogP contribution in [-0.2, 0) is 28.7 Å². The summed E-state index contributed by atoms with van der Waals surface area (Å²) in [6.07, 6.45) is 1.90. The molecular formula is C26H29N9O4. The molecule has 2 aliphatic heterocycles. The van der Waals surface area contributed by atoms with E-state index in [0.29, 0.717) is 41.1 Å². The molecule has 39 heavy (non-hydrogen) atoms. The Bertz CT molecular complexity index is 1500. The molecule has 4 aromatic rings. The van der Waals surface area contributed by atoms with Crippen LogP contribution in [0.4, 0.5) is 11.8 Å². The van der Waals surface area contributed by atoms with Crippen LogP contribution in [0.1, 0.15) is 17.9 Å². The number of aryl methyl sites for hydroxylation is 1. The molecule has 2 saturated heterocycles. The Morgan fingerprint density at radius 2 is 1.79 bits per heavy atom. The number of rotatable bonds is 7. The molecule has 6 rings (SSSR count). The van der Waals surface area contributed by atoms with E-state index in [0.717, 1.165) is 38.5 Å². The van der Waals surface area contributed by atoms with Gasteiger partial charge in [-0.25, -0.2) is 15.0 Å². The lowest BCUT2D eigenvalue weighted by molar-refractivity contribution is -0.144. The first-order chi connectivity index (χ1) is 18.9. The molecular weight excluding hydrogens is 502 g/mol. The second-order valence-corrected chi connectivity index (χ2v) is 9.74. The molecule has 0 unspecified atom stereocenters. The minimum Gasteiger partial charge on any atom is -0.379 e. The number of aliphatic hydroxyl groups is 1. The molecule has 0 spiro atoms. The van der Waals surface area contributed by atoms with E-state index in [-0.39, 0.29) is 12.2 Å². The fourth-order valence-corrected chi connectivity index (χ4v) is 4.77. The number of pyridine rings is 1. The van der Waals surface area contributed by atoms with Crippen LogP contribution >= 0.6 is 0 Å². The van der Waals surface area contributed by atoms with Crippen LogP contribution in [0.25, 0.3) is 22.8 Å². The maximum Gasteiger partial charge on any atom is 0.262 e. The van der Waals surface area contributed by atoms with Crippen LogP contribution < -0.4 is 5.32 Å². The summed E-state index contributed by atoms with van der Waals surface area (Å²) in [7, 11) is 3.56. The normalized spacial score (nSPS) is 20.1. The highest BCUT2D eigenvalue weighted by Gasteiger charge is 2.48. The highest BCUT2D eigenvalue weighted by atomic mass is 16.5. The van der Waals surface area contributed by atoms with Crippen molar-refractivity contribution in [3.05, 3.63) is 54.0 Å². The summed E-state index contributed by atoms with van der Waals surface area (Å²) in [5.41, 5.74) is 1.51. The third kappa shape index (κ3) is 4.99. The molecule has 1 atom stereocenters. The number of carbonyl (C=O) groups excluding carboxylic acids is 1. The van der Waals surface area contributed by atoms with E-state index >= 15 is 0 Å². The Hall–Kier alpha value is -4.20. The van der Waals surface area contributed by atoms with Gasteiger partial charge in [-0.15, -0.1) is 0 Å². The van der Waals surface area contributed by atoms with Crippen molar-refractivity contribution < 1.29 is 19.2 Å². The van der Waals surface area contributed by atoms with Crippen molar-refractivity contribution in [2.24, 2.45) is 7.05 Å². The number of nitrogens with zero attached hydrogens (tertiary/aromatic N) is 8. The summed E-state index contributed by atoms with van der Waals surface area (Å²) in [4.78, 5) is 29.9. The van der Waals surface area contributed by atoms with Gasteiger partial charge in [0.1, 0.15) is 5.69 Å². The maximum atomic E-state index is 12.4. The van der Waals surface area contributed by atoms with Gasteiger partial charge in [-0.1, -0.05) is 11.2 Å². The monoisotopic (exact) mass is 531 g/mol. The SMILES string of the molecule is CN1CC[C@@](O)(c2cc(-c3cccc(-c4ccnc(Nc5cc(CN6CCOCC6)n(C)n5)n4)n3)no2)C1=O. The van der Waals surface area contributed by atoms with Gasteiger partial charge in [0.25, 0.3) is 5.91 Å². The summed E-state index contributed by atoms with van der Waals surface area (Å²) in [6.45, 7) is 4.52. The standard InChI is InChI=1S/C26H29N9O4/c1-33-9-7-26(37,24(33)36)22-15-21(32-39-22)19-5-3-4-18(28-19)20-6-8-27-25(29-20)30-23-14-17(34(2)31-23)16-35-10-12-38-13-11-35/h3-6,8,14-15,37H,7,9-13,16H2,1-2H3,(H,27,29,30,31)/t26-/m1/s1. The lowest BCUT2D eigenvalue weighted by Crippen LogP contribution is -2.36. The topological polar surface area (TPSA) is 148 Å². The van der Waals surface area contributed by atoms with E-state index in [1.54, 1.807) is 31.4 Å². The molecule has 13 nitrogen and oxygen atoms in total. The van der Waals surface area contributed by atoms with Crippen molar-refractivity contribution in [3.63, 3.8) is 0 Å². The number of likely N-dealkylation sites (N-methyl/N-ethyl adjacent to an activating group) is 1. The molecule has 0 saturated carbocycles. The van der Waals surface area contributed by atoms with Crippen LogP contribution in [0.5, 0.6) is 0 Å². The molecule has 13 heteroatoms. The van der Waals surface area contributed by atoms with E-state index in [9.17, 15) is 9.90 Å². The van der Waals surface area contributed by atoms with Crippen molar-refractivity contribution in [2.45, 2.75) is 18.6 Å². The van der Waals surface area contributed by atoms with Gasteiger partial charge in [0.05, 0.1) is 36.0 Å². The summed E-state index contributed by atoms with van der Waals surface area (Å²) < 4.78 is 12.7. The van der Waals surface area contributed by atoms with Gasteiger partial charge in [-0.2, -0.15) is 5.10 Å². The average molecular weight is 532 g/mol. The van der Waals surface area contributed by atoms with Crippen LogP contribution in [-0.4, -0.2) is 90.6 Å². The molecule has 0 aliphatic carbocycles. The molecule has 2 N–H and O–H groups in total. The van der Waals surface area contributed by atoms with Crippen LogP contribution in [0.15, 0.2) is 47.1 Å². The second-order valence-electron chi connectivity index (χ2n) is 9.74. The average Bonchev–Trinajstić information content (AvgIpc) is 3.65. The molecule has 0 radical (unpaired) electrons. The second kappa shape index (κ2) is 10.2. The van der Waals surface area contributed by atoms with E-state index in [4.69, 9.17) is 9.26 Å². The van der Waals surface area contributed by atoms with E-state index in [1.807, 2.05) is 29.9 Å². The largest absolute Gasteiger partial charge is 0.379 e. The van der Waals surface area contributed by atoms with Gasteiger partial charge in [0.2, 0.25) is 11.5 Å². The van der Waals surface area contributed by atoms with Gasteiger partial charge < -0.3 is 24.6 Å². The minimum atomic E-state index is -1.71. The van der Waals surface area contributed by atoms with Gasteiger partial charge >= 0.3 is 0 Å². The fourth-order valence-electron chi connectivity index (χ4n) is 4.77. The smallest absolute Gasteiger partial charge is 0.262 e. The Balaban J connectivity index is 1.19. The molecule has 6 heterocycles. The highest BCUT2D eigenvalue weighted by molar-refractivity contribution is 5.87. The first-order valence-corrected chi connectivity index (χ1v) is 12.7. The zero-order valence-corrected chi connectivity index (χ0v) is 21.7. The van der Waals surface area contributed by atoms with Gasteiger partial charge in [-0.3, -0.25) is 14.4 Å². The summed E-state index contributed by atoms with van der Waals surface area (Å²) in [5, 5.41) is 22.7. The first kappa shape index (κ1) is 25.1. The third-order valence-corrected chi connectivity index (χ3v) is 7.06. The fraction of sp³-hybridized carbons (Fsp3) is 0.385. The zero-order chi connectivity index (χ0) is 27.0. The quantitative estimate of drug-likeness (QED) is 0.358. The Morgan fingerprint density at radius 3 is 2.56 bits per heavy atom. The number of hydrogen-bond acceptors (Lipinski definition) is 11. The number of carbonyl (C=O) groups is 1. The number of morpholine rings is 1. The molecule has 4 aromatic heterocycles. The van der Waals surface area contributed by atoms with Crippen LogP contribution in [0, 0.1) is 0 Å². The van der Waals surface area contributed by atoms with Gasteiger partial charge in [0, 0.05) is 65.0 Å². The molecule has 2 fully saturated rings. The Kier molecular flexibility index (Phi) is 6.54. The molecule has 2 aliphatic rings. The number of likely N-dealkylation sites (tertiary alicyclic amines) is 1. The van der Waals surface area contributed by atoms with Crippen molar-refractivity contribution in [3.8, 4) is 22.8 Å². The van der Waals surface area contributed by atoms with Crippen LogP contribution in [0.3, 0.4) is 0 Å². The summed E-state index contributed by atoms with van der Waals surface area (Å²) in [5.74, 6) is 0.746. The highest BCUT2D eigenvalue weighted by Crippen LogP contribution is 2.34. The predicted octanol–water partition coefficient (Wildman–Crippen LogP) is 1.55. The molecule has 202 valence electrons. The number of hydrogen-bond donors (Lipinski definition) is 2. The van der Waals surface area contributed by atoms with Gasteiger partial charge in [-0.05, 0) is 18.2 Å². The predicted molar refractivity (Wildman–Crippen MR) is 139 cm³/mol. The lowest BCUT2D eigenvalue weighted by Gasteiger charge is -2.26. The lowest BCUT2D eigenvalue weighted by atomic mass is 9.98. The summed E-state index contributed by atoms with van der Waals surface area (Å²) in [6, 6.07) is 10.8. The van der Waals surface area contributed by atoms with Gasteiger partial charge in [0.15, 0.2) is 11.6 Å². The Labute approximate surface area is 224 Å². The molecule has 0 bridgehead atoms. The zero-order valence-electron chi connectivity index (χ0n) is 21.7. The number of ether oxygens (including phenoxy) is 1. The minimum absolute atomic E-state index is 0.107. The van der Waals surface area contributed by atoms with Crippen molar-refractivity contribution in [1.82, 2.24) is 39.7 Å². The molecule has 0 aromatic carbocycles. The number of amides is 1. The number of nitrogens with one attached hydrogen (secondary N) is 1. The van der Waals surface area contributed by atoms with E-state index in [1.165, 1.54) is 4.90 Å². The maximum absolute atomic E-state index is 12.4. The van der Waals surface area contributed by atoms with Crippen LogP contribution in [0.2, 0.25) is 0 Å². The number of aromatic nitrogens is 6. The first-order valence-electron chi connectivity index (χ1n) is 12.7. The molecule has 1 amide bonds. The van der Waals surface area contributed by atoms with Crippen molar-refractivity contribution in [1.29, 1.82) is 0 Å². The summed E-state index contributed by atoms with van der Waals surface area (Å²) >= 11 is 0. The number of anilines is 2. The van der Waals surface area contributed by atoms with E-state index in [2.05, 4.69) is 35.4 Å². The van der Waals surface area contributed by atoms with E-state index < -0.39 is 11.5 Å². The third-order valence-electron chi connectivity index (χ3n) is 7.06. The Morgan fingerprint density at radius 1 is 1.03 bits per heavy atom.